The summed E-state index contributed by atoms with van der Waals surface area (Å²) in [5, 5.41) is 12.2. The number of amides is 2. The van der Waals surface area contributed by atoms with Crippen LogP contribution in [0.5, 0.6) is 5.75 Å². The van der Waals surface area contributed by atoms with Crippen molar-refractivity contribution in [3.05, 3.63) is 23.8 Å². The monoisotopic (exact) mass is 404 g/mol. The van der Waals surface area contributed by atoms with Gasteiger partial charge in [0, 0.05) is 38.2 Å². The van der Waals surface area contributed by atoms with Crippen molar-refractivity contribution in [3.8, 4) is 5.75 Å². The number of hydrogen-bond acceptors (Lipinski definition) is 5. The van der Waals surface area contributed by atoms with E-state index in [0.717, 1.165) is 42.9 Å². The quantitative estimate of drug-likeness (QED) is 0.618. The van der Waals surface area contributed by atoms with Crippen LogP contribution in [0.2, 0.25) is 0 Å². The Kier molecular flexibility index (Phi) is 7.89. The first-order chi connectivity index (χ1) is 14.1. The smallest absolute Gasteiger partial charge is 0.224 e. The molecule has 1 saturated heterocycles. The third-order valence-corrected chi connectivity index (χ3v) is 5.54. The van der Waals surface area contributed by atoms with Gasteiger partial charge in [0.2, 0.25) is 11.8 Å². The van der Waals surface area contributed by atoms with Crippen LogP contribution in [0.4, 0.5) is 5.69 Å². The van der Waals surface area contributed by atoms with Crippen LogP contribution in [0, 0.1) is 0 Å². The predicted octanol–water partition coefficient (Wildman–Crippen LogP) is 2.68. The van der Waals surface area contributed by atoms with E-state index in [2.05, 4.69) is 5.32 Å². The Balaban J connectivity index is 1.44. The lowest BCUT2D eigenvalue weighted by molar-refractivity contribution is -0.134. The van der Waals surface area contributed by atoms with Crippen molar-refractivity contribution in [1.29, 1.82) is 0 Å². The molecule has 7 heteroatoms. The van der Waals surface area contributed by atoms with E-state index in [1.165, 1.54) is 0 Å². The average Bonchev–Trinajstić information content (AvgIpc) is 2.71. The summed E-state index contributed by atoms with van der Waals surface area (Å²) in [6.45, 7) is 4.08. The standard InChI is InChI=1S/C22H32N2O5/c1-16-13-21(26)23-20-8-7-17(14-19(16)20)28-12-4-6-22(27)24(9-10-25)15-18-5-2-3-11-29-18/h7-8,14,16,18,25H,2-6,9-13,15H2,1H3,(H,23,26). The lowest BCUT2D eigenvalue weighted by Crippen LogP contribution is -2.41. The Morgan fingerprint density at radius 1 is 1.38 bits per heavy atom. The summed E-state index contributed by atoms with van der Waals surface area (Å²) >= 11 is 0. The van der Waals surface area contributed by atoms with E-state index in [0.29, 0.717) is 39.0 Å². The van der Waals surface area contributed by atoms with Crippen LogP contribution in [0.25, 0.3) is 0 Å². The maximum Gasteiger partial charge on any atom is 0.224 e. The molecule has 1 fully saturated rings. The van der Waals surface area contributed by atoms with Gasteiger partial charge in [0.05, 0.1) is 19.3 Å². The van der Waals surface area contributed by atoms with Crippen LogP contribution < -0.4 is 10.1 Å². The molecule has 2 atom stereocenters. The Hall–Kier alpha value is -2.12. The lowest BCUT2D eigenvalue weighted by atomic mass is 9.92. The molecular formula is C22H32N2O5. The van der Waals surface area contributed by atoms with Gasteiger partial charge in [-0.1, -0.05) is 6.92 Å². The molecule has 0 spiro atoms. The number of carbonyl (C=O) groups is 2. The third-order valence-electron chi connectivity index (χ3n) is 5.54. The zero-order valence-corrected chi connectivity index (χ0v) is 17.2. The Labute approximate surface area is 172 Å². The van der Waals surface area contributed by atoms with Gasteiger partial charge in [-0.15, -0.1) is 0 Å². The minimum Gasteiger partial charge on any atom is -0.494 e. The molecule has 1 aromatic rings. The SMILES string of the molecule is CC1CC(=O)Nc2ccc(OCCCC(=O)N(CCO)CC3CCCCO3)cc21. The zero-order valence-electron chi connectivity index (χ0n) is 17.2. The normalized spacial score (nSPS) is 21.2. The maximum absolute atomic E-state index is 12.5. The second kappa shape index (κ2) is 10.6. The number of aliphatic hydroxyl groups is 1. The largest absolute Gasteiger partial charge is 0.494 e. The summed E-state index contributed by atoms with van der Waals surface area (Å²) in [4.78, 5) is 25.9. The highest BCUT2D eigenvalue weighted by Crippen LogP contribution is 2.34. The van der Waals surface area contributed by atoms with E-state index in [1.54, 1.807) is 4.90 Å². The molecule has 0 saturated carbocycles. The van der Waals surface area contributed by atoms with Crippen LogP contribution in [0.15, 0.2) is 18.2 Å². The molecule has 160 valence electrons. The van der Waals surface area contributed by atoms with Gasteiger partial charge in [-0.05, 0) is 55.4 Å². The molecule has 0 radical (unpaired) electrons. The molecule has 2 N–H and O–H groups in total. The van der Waals surface area contributed by atoms with Gasteiger partial charge in [-0.3, -0.25) is 9.59 Å². The molecule has 0 aromatic heterocycles. The van der Waals surface area contributed by atoms with Gasteiger partial charge in [-0.2, -0.15) is 0 Å². The number of carbonyl (C=O) groups excluding carboxylic acids is 2. The van der Waals surface area contributed by atoms with E-state index in [4.69, 9.17) is 9.47 Å². The van der Waals surface area contributed by atoms with Crippen molar-refractivity contribution in [2.45, 2.75) is 57.5 Å². The number of ether oxygens (including phenoxy) is 2. The minimum atomic E-state index is -0.0428. The van der Waals surface area contributed by atoms with Crippen LogP contribution >= 0.6 is 0 Å². The van der Waals surface area contributed by atoms with Crippen molar-refractivity contribution < 1.29 is 24.2 Å². The molecule has 3 rings (SSSR count). The van der Waals surface area contributed by atoms with Crippen molar-refractivity contribution in [2.24, 2.45) is 0 Å². The number of rotatable bonds is 9. The van der Waals surface area contributed by atoms with Crippen LogP contribution in [-0.2, 0) is 14.3 Å². The molecule has 1 aromatic carbocycles. The first-order valence-electron chi connectivity index (χ1n) is 10.6. The van der Waals surface area contributed by atoms with E-state index < -0.39 is 0 Å². The number of aliphatic hydroxyl groups excluding tert-OH is 1. The number of benzene rings is 1. The van der Waals surface area contributed by atoms with Gasteiger partial charge in [0.1, 0.15) is 5.75 Å². The molecule has 2 heterocycles. The second-order valence-electron chi connectivity index (χ2n) is 7.91. The molecule has 2 unspecified atom stereocenters. The maximum atomic E-state index is 12.5. The Morgan fingerprint density at radius 3 is 3.00 bits per heavy atom. The lowest BCUT2D eigenvalue weighted by Gasteiger charge is -2.29. The number of fused-ring (bicyclic) bond motifs is 1. The van der Waals surface area contributed by atoms with Gasteiger partial charge in [0.25, 0.3) is 0 Å². The summed E-state index contributed by atoms with van der Waals surface area (Å²) < 4.78 is 11.6. The topological polar surface area (TPSA) is 88.1 Å². The highest BCUT2D eigenvalue weighted by atomic mass is 16.5. The summed E-state index contributed by atoms with van der Waals surface area (Å²) in [6, 6.07) is 5.69. The van der Waals surface area contributed by atoms with E-state index in [-0.39, 0.29) is 30.4 Å². The predicted molar refractivity (Wildman–Crippen MR) is 110 cm³/mol. The number of nitrogens with zero attached hydrogens (tertiary/aromatic N) is 1. The molecule has 0 bridgehead atoms. The Bertz CT molecular complexity index is 702. The van der Waals surface area contributed by atoms with Gasteiger partial charge < -0.3 is 24.8 Å². The molecular weight excluding hydrogens is 372 g/mol. The van der Waals surface area contributed by atoms with Crippen molar-refractivity contribution in [2.75, 3.05) is 38.2 Å². The van der Waals surface area contributed by atoms with Crippen LogP contribution in [0.3, 0.4) is 0 Å². The summed E-state index contributed by atoms with van der Waals surface area (Å²) in [5.41, 5.74) is 1.93. The molecule has 2 amide bonds. The first kappa shape index (κ1) is 21.6. The summed E-state index contributed by atoms with van der Waals surface area (Å²) in [6.07, 6.45) is 4.72. The summed E-state index contributed by atoms with van der Waals surface area (Å²) in [7, 11) is 0. The fourth-order valence-electron chi connectivity index (χ4n) is 3.95. The third kappa shape index (κ3) is 6.18. The Morgan fingerprint density at radius 2 is 2.24 bits per heavy atom. The average molecular weight is 405 g/mol. The van der Waals surface area contributed by atoms with Crippen molar-refractivity contribution >= 4 is 17.5 Å². The first-order valence-corrected chi connectivity index (χ1v) is 10.6. The van der Waals surface area contributed by atoms with Gasteiger partial charge in [0.15, 0.2) is 0 Å². The molecule has 7 nitrogen and oxygen atoms in total. The number of anilines is 1. The van der Waals surface area contributed by atoms with E-state index in [1.807, 2.05) is 25.1 Å². The number of hydrogen-bond donors (Lipinski definition) is 2. The number of nitrogens with one attached hydrogen (secondary N) is 1. The highest BCUT2D eigenvalue weighted by Gasteiger charge is 2.23. The van der Waals surface area contributed by atoms with Crippen molar-refractivity contribution in [1.82, 2.24) is 4.90 Å². The minimum absolute atomic E-state index is 0.0265. The molecule has 29 heavy (non-hydrogen) atoms. The fourth-order valence-corrected chi connectivity index (χ4v) is 3.95. The summed E-state index contributed by atoms with van der Waals surface area (Å²) in [5.74, 6) is 0.988. The van der Waals surface area contributed by atoms with Crippen LogP contribution in [0.1, 0.15) is 56.9 Å². The highest BCUT2D eigenvalue weighted by molar-refractivity contribution is 5.94. The molecule has 2 aliphatic rings. The van der Waals surface area contributed by atoms with Crippen molar-refractivity contribution in [3.63, 3.8) is 0 Å². The van der Waals surface area contributed by atoms with E-state index in [9.17, 15) is 14.7 Å². The molecule has 0 aliphatic carbocycles. The zero-order chi connectivity index (χ0) is 20.6. The van der Waals surface area contributed by atoms with E-state index >= 15 is 0 Å². The fraction of sp³-hybridized carbons (Fsp3) is 0.636. The van der Waals surface area contributed by atoms with Gasteiger partial charge >= 0.3 is 0 Å². The molecule has 2 aliphatic heterocycles. The van der Waals surface area contributed by atoms with Gasteiger partial charge in [-0.25, -0.2) is 0 Å². The second-order valence-corrected chi connectivity index (χ2v) is 7.91. The van der Waals surface area contributed by atoms with Crippen LogP contribution in [-0.4, -0.2) is 60.8 Å².